The summed E-state index contributed by atoms with van der Waals surface area (Å²) in [5.74, 6) is -0.0360. The number of para-hydroxylation sites is 1. The van der Waals surface area contributed by atoms with E-state index >= 15 is 0 Å². The van der Waals surface area contributed by atoms with Gasteiger partial charge in [-0.3, -0.25) is 4.79 Å². The van der Waals surface area contributed by atoms with E-state index in [1.807, 2.05) is 6.08 Å². The molecule has 1 aliphatic carbocycles. The summed E-state index contributed by atoms with van der Waals surface area (Å²) in [7, 11) is 2.14. The first-order chi connectivity index (χ1) is 11.5. The fraction of sp³-hybridized carbons (Fsp3) is 0.550. The third kappa shape index (κ3) is 1.22. The second kappa shape index (κ2) is 4.23. The van der Waals surface area contributed by atoms with Crippen molar-refractivity contribution in [1.29, 1.82) is 0 Å². The molecule has 2 fully saturated rings. The molecule has 4 nitrogen and oxygen atoms in total. The molecule has 1 spiro atoms. The third-order valence-corrected chi connectivity index (χ3v) is 7.54. The van der Waals surface area contributed by atoms with Gasteiger partial charge in [-0.05, 0) is 43.4 Å². The highest BCUT2D eigenvalue weighted by Crippen LogP contribution is 2.68. The fourth-order valence-electron chi connectivity index (χ4n) is 6.48. The normalized spacial score (nSPS) is 42.1. The summed E-state index contributed by atoms with van der Waals surface area (Å²) in [5, 5.41) is 12.3. The van der Waals surface area contributed by atoms with Crippen molar-refractivity contribution in [2.75, 3.05) is 18.5 Å². The molecule has 4 atom stereocenters. The number of likely N-dealkylation sites (N-methyl/N-ethyl adjacent to an activating group) is 1. The van der Waals surface area contributed by atoms with Crippen LogP contribution in [0.25, 0.3) is 0 Å². The zero-order valence-corrected chi connectivity index (χ0v) is 14.3. The van der Waals surface area contributed by atoms with Gasteiger partial charge in [0.25, 0.3) is 0 Å². The van der Waals surface area contributed by atoms with Gasteiger partial charge >= 0.3 is 0 Å². The molecule has 4 heteroatoms. The summed E-state index contributed by atoms with van der Waals surface area (Å²) in [6, 6.07) is 8.71. The van der Waals surface area contributed by atoms with Crippen molar-refractivity contribution in [3.8, 4) is 0 Å². The summed E-state index contributed by atoms with van der Waals surface area (Å²) >= 11 is 0. The Hall–Kier alpha value is -1.81. The number of carbonyl (C=O) groups excluding carboxylic acids is 1. The minimum atomic E-state index is -1.12. The highest BCUT2D eigenvalue weighted by molar-refractivity contribution is 5.91. The van der Waals surface area contributed by atoms with E-state index in [0.29, 0.717) is 6.54 Å². The Bertz CT molecular complexity index is 775. The summed E-state index contributed by atoms with van der Waals surface area (Å²) in [4.78, 5) is 16.7. The number of carbonyl (C=O) groups is 1. The van der Waals surface area contributed by atoms with Crippen molar-refractivity contribution in [1.82, 2.24) is 4.90 Å². The van der Waals surface area contributed by atoms with Gasteiger partial charge in [0.2, 0.25) is 5.91 Å². The molecule has 1 saturated heterocycles. The monoisotopic (exact) mass is 324 g/mol. The molecule has 1 amide bonds. The molecule has 5 rings (SSSR count). The Morgan fingerprint density at radius 3 is 2.88 bits per heavy atom. The molecule has 1 aromatic carbocycles. The van der Waals surface area contributed by atoms with Gasteiger partial charge in [0.15, 0.2) is 5.72 Å². The molecular weight excluding hydrogens is 300 g/mol. The van der Waals surface area contributed by atoms with Crippen LogP contribution < -0.4 is 4.90 Å². The van der Waals surface area contributed by atoms with E-state index in [4.69, 9.17) is 0 Å². The molecule has 1 N–H and O–H groups in total. The Balaban J connectivity index is 1.85. The Morgan fingerprint density at radius 1 is 1.29 bits per heavy atom. The lowest BCUT2D eigenvalue weighted by atomic mass is 9.51. The van der Waals surface area contributed by atoms with Crippen LogP contribution in [0.4, 0.5) is 5.69 Å². The van der Waals surface area contributed by atoms with Gasteiger partial charge in [0.1, 0.15) is 0 Å². The summed E-state index contributed by atoms with van der Waals surface area (Å²) in [6.45, 7) is 2.79. The number of amides is 1. The smallest absolute Gasteiger partial charge is 0.248 e. The summed E-state index contributed by atoms with van der Waals surface area (Å²) < 4.78 is 0. The van der Waals surface area contributed by atoms with E-state index in [-0.39, 0.29) is 22.8 Å². The van der Waals surface area contributed by atoms with Crippen LogP contribution in [0.2, 0.25) is 0 Å². The molecular formula is C20H24N2O2. The SMILES string of the molecule is CC[C@]12C=CC(=O)N3CC[C@@]4(c5ccccc5N(C)[C@H]4CC1)[C@@]32O. The zero-order valence-electron chi connectivity index (χ0n) is 14.3. The largest absolute Gasteiger partial charge is 0.370 e. The predicted octanol–water partition coefficient (Wildman–Crippen LogP) is 2.42. The summed E-state index contributed by atoms with van der Waals surface area (Å²) in [6.07, 6.45) is 7.38. The maximum Gasteiger partial charge on any atom is 0.248 e. The molecule has 126 valence electrons. The molecule has 24 heavy (non-hydrogen) atoms. The molecule has 1 aromatic rings. The number of nitrogens with zero attached hydrogens (tertiary/aromatic N) is 2. The Morgan fingerprint density at radius 2 is 2.08 bits per heavy atom. The molecule has 3 aliphatic heterocycles. The molecule has 4 aliphatic rings. The van der Waals surface area contributed by atoms with Crippen LogP contribution in [0.3, 0.4) is 0 Å². The van der Waals surface area contributed by atoms with Crippen molar-refractivity contribution in [3.63, 3.8) is 0 Å². The number of rotatable bonds is 1. The van der Waals surface area contributed by atoms with Crippen molar-refractivity contribution in [3.05, 3.63) is 42.0 Å². The van der Waals surface area contributed by atoms with E-state index in [2.05, 4.69) is 43.1 Å². The van der Waals surface area contributed by atoms with Gasteiger partial charge in [0.05, 0.1) is 5.41 Å². The number of hydrogen-bond donors (Lipinski definition) is 1. The van der Waals surface area contributed by atoms with Gasteiger partial charge in [-0.25, -0.2) is 0 Å². The third-order valence-electron chi connectivity index (χ3n) is 7.54. The van der Waals surface area contributed by atoms with Crippen LogP contribution in [-0.2, 0) is 10.2 Å². The van der Waals surface area contributed by atoms with E-state index in [1.54, 1.807) is 11.0 Å². The Labute approximate surface area is 142 Å². The zero-order chi connectivity index (χ0) is 16.7. The summed E-state index contributed by atoms with van der Waals surface area (Å²) in [5.41, 5.74) is 0.596. The maximum atomic E-state index is 12.6. The van der Waals surface area contributed by atoms with E-state index < -0.39 is 5.72 Å². The van der Waals surface area contributed by atoms with E-state index in [1.165, 1.54) is 11.3 Å². The number of benzene rings is 1. The topological polar surface area (TPSA) is 43.8 Å². The maximum absolute atomic E-state index is 12.6. The predicted molar refractivity (Wildman–Crippen MR) is 92.7 cm³/mol. The van der Waals surface area contributed by atoms with Gasteiger partial charge in [-0.2, -0.15) is 0 Å². The average Bonchev–Trinajstić information content (AvgIpc) is 3.05. The number of fused-ring (bicyclic) bond motifs is 1. The van der Waals surface area contributed by atoms with Gasteiger partial charge in [0, 0.05) is 30.7 Å². The number of anilines is 1. The highest BCUT2D eigenvalue weighted by Gasteiger charge is 2.76. The van der Waals surface area contributed by atoms with Crippen LogP contribution in [0.5, 0.6) is 0 Å². The molecule has 0 aromatic heterocycles. The van der Waals surface area contributed by atoms with Gasteiger partial charge < -0.3 is 14.9 Å². The standard InChI is InChI=1S/C20H24N2O2/c1-3-18-10-8-16-19(14-6-4-5-7-15(14)21(16)2)12-13-22(20(18,19)24)17(23)9-11-18/h4-7,9,11,16,24H,3,8,10,12-13H2,1-2H3/t16-,18+,19-,20+/m0/s1. The lowest BCUT2D eigenvalue weighted by Gasteiger charge is -2.61. The second-order valence-electron chi connectivity index (χ2n) is 7.91. The lowest BCUT2D eigenvalue weighted by Crippen LogP contribution is -2.73. The second-order valence-corrected chi connectivity index (χ2v) is 7.91. The van der Waals surface area contributed by atoms with E-state index in [0.717, 1.165) is 25.7 Å². The highest BCUT2D eigenvalue weighted by atomic mass is 16.3. The van der Waals surface area contributed by atoms with Crippen LogP contribution in [0.1, 0.15) is 38.2 Å². The van der Waals surface area contributed by atoms with E-state index in [9.17, 15) is 9.90 Å². The molecule has 1 saturated carbocycles. The molecule has 0 radical (unpaired) electrons. The first-order valence-corrected chi connectivity index (χ1v) is 9.07. The van der Waals surface area contributed by atoms with Gasteiger partial charge in [-0.1, -0.05) is 31.2 Å². The van der Waals surface area contributed by atoms with Crippen LogP contribution in [0, 0.1) is 5.41 Å². The first kappa shape index (κ1) is 14.5. The lowest BCUT2D eigenvalue weighted by molar-refractivity contribution is -0.219. The minimum Gasteiger partial charge on any atom is -0.370 e. The van der Waals surface area contributed by atoms with Gasteiger partial charge in [-0.15, -0.1) is 0 Å². The molecule has 0 unspecified atom stereocenters. The number of aliphatic hydroxyl groups is 1. The van der Waals surface area contributed by atoms with Crippen molar-refractivity contribution in [2.45, 2.75) is 49.8 Å². The van der Waals surface area contributed by atoms with Crippen LogP contribution in [0.15, 0.2) is 36.4 Å². The van der Waals surface area contributed by atoms with Crippen LogP contribution >= 0.6 is 0 Å². The van der Waals surface area contributed by atoms with Crippen molar-refractivity contribution >= 4 is 11.6 Å². The Kier molecular flexibility index (Phi) is 2.56. The fourth-order valence-corrected chi connectivity index (χ4v) is 6.48. The first-order valence-electron chi connectivity index (χ1n) is 9.07. The molecule has 3 heterocycles. The molecule has 0 bridgehead atoms. The average molecular weight is 324 g/mol. The van der Waals surface area contributed by atoms with Crippen molar-refractivity contribution < 1.29 is 9.90 Å². The van der Waals surface area contributed by atoms with Crippen LogP contribution in [-0.4, -0.2) is 41.3 Å². The number of hydrogen-bond acceptors (Lipinski definition) is 3. The minimum absolute atomic E-state index is 0.0360. The van der Waals surface area contributed by atoms with Crippen molar-refractivity contribution in [2.24, 2.45) is 5.41 Å². The quantitative estimate of drug-likeness (QED) is 0.863.